The van der Waals surface area contributed by atoms with Gasteiger partial charge in [-0.25, -0.2) is 0 Å². The first-order valence-corrected chi connectivity index (χ1v) is 7.23. The molecule has 0 bridgehead atoms. The van der Waals surface area contributed by atoms with Crippen LogP contribution in [0.15, 0.2) is 24.3 Å². The van der Waals surface area contributed by atoms with Crippen molar-refractivity contribution in [1.29, 1.82) is 0 Å². The fourth-order valence-electron chi connectivity index (χ4n) is 3.01. The summed E-state index contributed by atoms with van der Waals surface area (Å²) in [6.45, 7) is 1.25. The fraction of sp³-hybridized carbons (Fsp3) is 0.562. The van der Waals surface area contributed by atoms with E-state index in [1.165, 1.54) is 0 Å². The van der Waals surface area contributed by atoms with Gasteiger partial charge >= 0.3 is 0 Å². The van der Waals surface area contributed by atoms with Crippen molar-refractivity contribution in [3.05, 3.63) is 29.8 Å². The Bertz CT molecular complexity index is 450. The highest BCUT2D eigenvalue weighted by Gasteiger charge is 2.33. The maximum absolute atomic E-state index is 12.5. The Kier molecular flexibility index (Phi) is 6.99. The smallest absolute Gasteiger partial charge is 0.226 e. The average Bonchev–Trinajstić information content (AvgIpc) is 2.95. The molecule has 0 saturated heterocycles. The monoisotopic (exact) mass is 312 g/mol. The van der Waals surface area contributed by atoms with Gasteiger partial charge in [0.2, 0.25) is 5.91 Å². The van der Waals surface area contributed by atoms with Gasteiger partial charge in [-0.15, -0.1) is 12.4 Å². The Balaban J connectivity index is 0.00000220. The molecule has 1 aromatic carbocycles. The van der Waals surface area contributed by atoms with Gasteiger partial charge in [0.15, 0.2) is 0 Å². The quantitative estimate of drug-likeness (QED) is 0.908. The van der Waals surface area contributed by atoms with E-state index in [9.17, 15) is 4.79 Å². The first kappa shape index (κ1) is 17.8. The molecule has 1 aromatic rings. The molecule has 1 fully saturated rings. The number of methoxy groups -OCH3 is 1. The van der Waals surface area contributed by atoms with Gasteiger partial charge in [-0.3, -0.25) is 4.79 Å². The van der Waals surface area contributed by atoms with Crippen LogP contribution in [0.4, 0.5) is 0 Å². The molecule has 1 saturated carbocycles. The van der Waals surface area contributed by atoms with Crippen molar-refractivity contribution in [2.75, 3.05) is 20.7 Å². The van der Waals surface area contributed by atoms with Crippen LogP contribution >= 0.6 is 12.4 Å². The minimum atomic E-state index is 0. The van der Waals surface area contributed by atoms with Crippen LogP contribution < -0.4 is 10.5 Å². The number of rotatable bonds is 5. The van der Waals surface area contributed by atoms with Crippen LogP contribution in [-0.4, -0.2) is 31.5 Å². The highest BCUT2D eigenvalue weighted by molar-refractivity contribution is 5.85. The van der Waals surface area contributed by atoms with Crippen LogP contribution in [0.2, 0.25) is 0 Å². The average molecular weight is 313 g/mol. The molecule has 5 heteroatoms. The van der Waals surface area contributed by atoms with Gasteiger partial charge in [0.25, 0.3) is 0 Å². The zero-order valence-electron chi connectivity index (χ0n) is 12.7. The van der Waals surface area contributed by atoms with E-state index >= 15 is 0 Å². The molecule has 118 valence electrons. The number of hydrogen-bond donors (Lipinski definition) is 1. The lowest BCUT2D eigenvalue weighted by Gasteiger charge is -2.24. The summed E-state index contributed by atoms with van der Waals surface area (Å²) in [4.78, 5) is 14.3. The molecule has 0 unspecified atom stereocenters. The largest absolute Gasteiger partial charge is 0.497 e. The minimum Gasteiger partial charge on any atom is -0.497 e. The van der Waals surface area contributed by atoms with E-state index in [-0.39, 0.29) is 24.2 Å². The molecule has 0 spiro atoms. The van der Waals surface area contributed by atoms with Gasteiger partial charge in [-0.05, 0) is 43.0 Å². The van der Waals surface area contributed by atoms with Crippen LogP contribution in [0.3, 0.4) is 0 Å². The number of halogens is 1. The Morgan fingerprint density at radius 1 is 1.33 bits per heavy atom. The van der Waals surface area contributed by atoms with Crippen molar-refractivity contribution in [2.24, 2.45) is 17.6 Å². The van der Waals surface area contributed by atoms with Gasteiger partial charge in [-0.1, -0.05) is 18.6 Å². The first-order valence-electron chi connectivity index (χ1n) is 7.23. The van der Waals surface area contributed by atoms with Crippen molar-refractivity contribution >= 4 is 18.3 Å². The molecule has 1 amide bonds. The molecule has 4 nitrogen and oxygen atoms in total. The number of carbonyl (C=O) groups is 1. The number of nitrogens with zero attached hydrogens (tertiary/aromatic N) is 1. The lowest BCUT2D eigenvalue weighted by molar-refractivity contribution is -0.135. The van der Waals surface area contributed by atoms with E-state index in [1.807, 2.05) is 36.2 Å². The van der Waals surface area contributed by atoms with Crippen LogP contribution in [0.5, 0.6) is 5.75 Å². The summed E-state index contributed by atoms with van der Waals surface area (Å²) in [5.41, 5.74) is 6.88. The molecule has 21 heavy (non-hydrogen) atoms. The van der Waals surface area contributed by atoms with Gasteiger partial charge in [0.1, 0.15) is 5.75 Å². The molecule has 1 aliphatic carbocycles. The van der Waals surface area contributed by atoms with Crippen molar-refractivity contribution < 1.29 is 9.53 Å². The Morgan fingerprint density at radius 3 is 2.57 bits per heavy atom. The topological polar surface area (TPSA) is 55.6 Å². The number of ether oxygens (including phenoxy) is 1. The lowest BCUT2D eigenvalue weighted by atomic mass is 9.95. The normalized spacial score (nSPS) is 20.7. The second kappa shape index (κ2) is 8.25. The zero-order chi connectivity index (χ0) is 14.5. The third kappa shape index (κ3) is 4.35. The van der Waals surface area contributed by atoms with Gasteiger partial charge < -0.3 is 15.4 Å². The molecule has 2 atom stereocenters. The van der Waals surface area contributed by atoms with E-state index in [1.54, 1.807) is 7.11 Å². The second-order valence-corrected chi connectivity index (χ2v) is 5.58. The number of hydrogen-bond acceptors (Lipinski definition) is 3. The molecule has 0 heterocycles. The predicted octanol–water partition coefficient (Wildman–Crippen LogP) is 2.45. The number of carbonyl (C=O) groups excluding carboxylic acids is 1. The van der Waals surface area contributed by atoms with Crippen LogP contribution in [0.1, 0.15) is 24.8 Å². The number of benzene rings is 1. The molecule has 0 aliphatic heterocycles. The van der Waals surface area contributed by atoms with E-state index in [0.717, 1.165) is 30.6 Å². The molecule has 2 N–H and O–H groups in total. The summed E-state index contributed by atoms with van der Waals surface area (Å²) in [5, 5.41) is 0. The van der Waals surface area contributed by atoms with Crippen molar-refractivity contribution in [3.63, 3.8) is 0 Å². The molecular formula is C16H25ClN2O2. The maximum atomic E-state index is 12.5. The SMILES string of the molecule is COc1ccc(CN(C)C(=O)[C@@H]2CCC[C@@H]2CN)cc1.Cl. The maximum Gasteiger partial charge on any atom is 0.226 e. The van der Waals surface area contributed by atoms with E-state index in [4.69, 9.17) is 10.5 Å². The van der Waals surface area contributed by atoms with Gasteiger partial charge in [0, 0.05) is 19.5 Å². The summed E-state index contributed by atoms with van der Waals surface area (Å²) < 4.78 is 5.14. The first-order chi connectivity index (χ1) is 9.65. The summed E-state index contributed by atoms with van der Waals surface area (Å²) in [6.07, 6.45) is 3.19. The van der Waals surface area contributed by atoms with Crippen LogP contribution in [0, 0.1) is 11.8 Å². The zero-order valence-corrected chi connectivity index (χ0v) is 13.6. The number of nitrogens with two attached hydrogens (primary N) is 1. The van der Waals surface area contributed by atoms with Crippen molar-refractivity contribution in [2.45, 2.75) is 25.8 Å². The molecular weight excluding hydrogens is 288 g/mol. The highest BCUT2D eigenvalue weighted by Crippen LogP contribution is 2.32. The molecule has 2 rings (SSSR count). The summed E-state index contributed by atoms with van der Waals surface area (Å²) in [5.74, 6) is 1.54. The van der Waals surface area contributed by atoms with E-state index < -0.39 is 0 Å². The summed E-state index contributed by atoms with van der Waals surface area (Å²) >= 11 is 0. The summed E-state index contributed by atoms with van der Waals surface area (Å²) in [7, 11) is 3.52. The number of amides is 1. The Labute approximate surface area is 133 Å². The van der Waals surface area contributed by atoms with Gasteiger partial charge in [0.05, 0.1) is 7.11 Å². The summed E-state index contributed by atoms with van der Waals surface area (Å²) in [6, 6.07) is 7.84. The fourth-order valence-corrected chi connectivity index (χ4v) is 3.01. The van der Waals surface area contributed by atoms with Crippen LogP contribution in [0.25, 0.3) is 0 Å². The third-order valence-electron chi connectivity index (χ3n) is 4.23. The third-order valence-corrected chi connectivity index (χ3v) is 4.23. The van der Waals surface area contributed by atoms with Crippen molar-refractivity contribution in [3.8, 4) is 5.75 Å². The van der Waals surface area contributed by atoms with E-state index in [0.29, 0.717) is 19.0 Å². The van der Waals surface area contributed by atoms with Crippen molar-refractivity contribution in [1.82, 2.24) is 4.90 Å². The predicted molar refractivity (Wildman–Crippen MR) is 86.6 cm³/mol. The lowest BCUT2D eigenvalue weighted by Crippen LogP contribution is -2.36. The Morgan fingerprint density at radius 2 is 2.00 bits per heavy atom. The highest BCUT2D eigenvalue weighted by atomic mass is 35.5. The molecule has 0 aromatic heterocycles. The Hall–Kier alpha value is -1.26. The van der Waals surface area contributed by atoms with Crippen LogP contribution in [-0.2, 0) is 11.3 Å². The molecule has 0 radical (unpaired) electrons. The molecule has 1 aliphatic rings. The second-order valence-electron chi connectivity index (χ2n) is 5.58. The van der Waals surface area contributed by atoms with E-state index in [2.05, 4.69) is 0 Å². The standard InChI is InChI=1S/C16H24N2O2.ClH/c1-18(11-12-6-8-14(20-2)9-7-12)16(19)15-5-3-4-13(15)10-17;/h6-9,13,15H,3-5,10-11,17H2,1-2H3;1H/t13-,15-;/m1./s1. The van der Waals surface area contributed by atoms with Gasteiger partial charge in [-0.2, -0.15) is 0 Å². The minimum absolute atomic E-state index is 0.